The monoisotopic (exact) mass is 520 g/mol. The summed E-state index contributed by atoms with van der Waals surface area (Å²) in [6, 6.07) is 20.0. The highest BCUT2D eigenvalue weighted by Gasteiger charge is 2.57. The second kappa shape index (κ2) is 10.4. The van der Waals surface area contributed by atoms with E-state index in [0.29, 0.717) is 36.4 Å². The number of piperidine rings is 1. The minimum absolute atomic E-state index is 0.148. The maximum absolute atomic E-state index is 14.4. The fraction of sp³-hybridized carbons (Fsp3) is 0.548. The Kier molecular flexibility index (Phi) is 7.01. The van der Waals surface area contributed by atoms with Crippen LogP contribution >= 0.6 is 0 Å². The number of carbonyl (C=O) groups excluding carboxylic acids is 2. The molecule has 38 heavy (non-hydrogen) atoms. The minimum Gasteiger partial charge on any atom is -0.459 e. The Hall–Kier alpha value is -2.74. The molecule has 0 aromatic heterocycles. The van der Waals surface area contributed by atoms with Crippen LogP contribution in [0.1, 0.15) is 56.6 Å². The fourth-order valence-corrected chi connectivity index (χ4v) is 7.38. The summed E-state index contributed by atoms with van der Waals surface area (Å²) in [7, 11) is 0. The summed E-state index contributed by atoms with van der Waals surface area (Å²) in [4.78, 5) is 27.0. The number of nitrogens with zero attached hydrogens (tertiary/aromatic N) is 1. The van der Waals surface area contributed by atoms with Gasteiger partial charge in [-0.2, -0.15) is 0 Å². The molecule has 6 rings (SSSR count). The SMILES string of the molecule is CC(OC(=O)C1COC1)OC(C(=O)OC1CC2CCC(C1)[N+]21CCCC1)(c1ccccc1)c1ccccc1. The first kappa shape index (κ1) is 25.5. The quantitative estimate of drug-likeness (QED) is 0.293. The molecule has 4 aliphatic rings. The van der Waals surface area contributed by atoms with Crippen LogP contribution < -0.4 is 0 Å². The number of hydrogen-bond acceptors (Lipinski definition) is 6. The predicted molar refractivity (Wildman–Crippen MR) is 140 cm³/mol. The second-order valence-corrected chi connectivity index (χ2v) is 11.4. The Labute approximate surface area is 224 Å². The van der Waals surface area contributed by atoms with E-state index in [1.807, 2.05) is 60.7 Å². The van der Waals surface area contributed by atoms with Crippen LogP contribution in [0.2, 0.25) is 0 Å². The van der Waals surface area contributed by atoms with E-state index in [-0.39, 0.29) is 18.0 Å². The van der Waals surface area contributed by atoms with Gasteiger partial charge in [-0.15, -0.1) is 0 Å². The first-order chi connectivity index (χ1) is 18.5. The van der Waals surface area contributed by atoms with Crippen molar-refractivity contribution in [2.75, 3.05) is 26.3 Å². The van der Waals surface area contributed by atoms with Crippen molar-refractivity contribution in [3.8, 4) is 0 Å². The fourth-order valence-electron chi connectivity index (χ4n) is 7.38. The topological polar surface area (TPSA) is 71.1 Å². The Bertz CT molecular complexity index is 1070. The summed E-state index contributed by atoms with van der Waals surface area (Å²) in [6.07, 6.45) is 5.72. The average molecular weight is 521 g/mol. The number of rotatable bonds is 8. The summed E-state index contributed by atoms with van der Waals surface area (Å²) in [5.41, 5.74) is -0.282. The van der Waals surface area contributed by atoms with Gasteiger partial charge in [0, 0.05) is 38.5 Å². The van der Waals surface area contributed by atoms with Crippen LogP contribution in [0, 0.1) is 5.92 Å². The first-order valence-corrected chi connectivity index (χ1v) is 14.2. The predicted octanol–water partition coefficient (Wildman–Crippen LogP) is 4.33. The van der Waals surface area contributed by atoms with E-state index in [1.54, 1.807) is 6.92 Å². The normalized spacial score (nSPS) is 27.0. The standard InChI is InChI=1S/C31H38NO6/c1-22(36-29(33)23-20-35-21-23)38-31(24-10-4-2-5-11-24,25-12-6-3-7-13-25)30(34)37-28-18-26-14-15-27(19-28)32(26)16-8-9-17-32/h2-7,10-13,22-23,26-28H,8-9,14-21H2,1H3/q+1. The van der Waals surface area contributed by atoms with Crippen LogP contribution in [0.4, 0.5) is 0 Å². The summed E-state index contributed by atoms with van der Waals surface area (Å²) < 4.78 is 24.9. The number of ether oxygens (including phenoxy) is 4. The van der Waals surface area contributed by atoms with Gasteiger partial charge in [0.25, 0.3) is 0 Å². The highest BCUT2D eigenvalue weighted by Crippen LogP contribution is 2.47. The molecule has 0 aliphatic carbocycles. The summed E-state index contributed by atoms with van der Waals surface area (Å²) in [5.74, 6) is -1.13. The van der Waals surface area contributed by atoms with E-state index in [2.05, 4.69) is 0 Å². The highest BCUT2D eigenvalue weighted by molar-refractivity contribution is 5.86. The van der Waals surface area contributed by atoms with Gasteiger partial charge in [0.05, 0.1) is 38.4 Å². The van der Waals surface area contributed by atoms with Gasteiger partial charge in [0.2, 0.25) is 11.9 Å². The zero-order valence-corrected chi connectivity index (χ0v) is 22.1. The lowest BCUT2D eigenvalue weighted by atomic mass is 9.85. The van der Waals surface area contributed by atoms with Crippen molar-refractivity contribution < 1.29 is 33.0 Å². The van der Waals surface area contributed by atoms with E-state index in [0.717, 1.165) is 12.8 Å². The summed E-state index contributed by atoms with van der Waals surface area (Å²) >= 11 is 0. The number of hydrogen-bond donors (Lipinski definition) is 0. The molecule has 2 aromatic carbocycles. The maximum atomic E-state index is 14.4. The molecule has 4 fully saturated rings. The van der Waals surface area contributed by atoms with Crippen LogP contribution in [0.15, 0.2) is 60.7 Å². The van der Waals surface area contributed by atoms with E-state index in [1.165, 1.54) is 43.3 Å². The van der Waals surface area contributed by atoms with Crippen LogP contribution in [0.25, 0.3) is 0 Å². The Morgan fingerprint density at radius 2 is 1.45 bits per heavy atom. The molecule has 0 radical (unpaired) electrons. The van der Waals surface area contributed by atoms with Gasteiger partial charge < -0.3 is 23.4 Å². The van der Waals surface area contributed by atoms with Crippen LogP contribution in [0.5, 0.6) is 0 Å². The van der Waals surface area contributed by atoms with Crippen molar-refractivity contribution in [2.45, 2.75) is 75.5 Å². The molecule has 7 heteroatoms. The van der Waals surface area contributed by atoms with Crippen molar-refractivity contribution in [2.24, 2.45) is 5.92 Å². The van der Waals surface area contributed by atoms with Crippen LogP contribution in [-0.2, 0) is 34.1 Å². The van der Waals surface area contributed by atoms with Gasteiger partial charge in [0.1, 0.15) is 12.0 Å². The van der Waals surface area contributed by atoms with Crippen molar-refractivity contribution in [1.82, 2.24) is 0 Å². The number of esters is 2. The van der Waals surface area contributed by atoms with Gasteiger partial charge in [-0.25, -0.2) is 4.79 Å². The lowest BCUT2D eigenvalue weighted by Gasteiger charge is -2.47. The molecule has 1 spiro atoms. The van der Waals surface area contributed by atoms with E-state index >= 15 is 0 Å². The molecule has 202 valence electrons. The van der Waals surface area contributed by atoms with E-state index < -0.39 is 17.9 Å². The Morgan fingerprint density at radius 1 is 0.895 bits per heavy atom. The third-order valence-electron chi connectivity index (χ3n) is 9.27. The van der Waals surface area contributed by atoms with Crippen molar-refractivity contribution >= 4 is 11.9 Å². The molecule has 4 saturated heterocycles. The van der Waals surface area contributed by atoms with Gasteiger partial charge in [-0.05, 0) is 18.1 Å². The maximum Gasteiger partial charge on any atom is 0.348 e. The van der Waals surface area contributed by atoms with Gasteiger partial charge >= 0.3 is 11.9 Å². The van der Waals surface area contributed by atoms with Gasteiger partial charge in [-0.3, -0.25) is 4.79 Å². The van der Waals surface area contributed by atoms with Crippen molar-refractivity contribution in [3.05, 3.63) is 71.8 Å². The summed E-state index contributed by atoms with van der Waals surface area (Å²) in [6.45, 7) is 4.89. The molecule has 4 aliphatic heterocycles. The van der Waals surface area contributed by atoms with Crippen LogP contribution in [-0.4, -0.2) is 67.2 Å². The number of carbonyl (C=O) groups is 2. The van der Waals surface area contributed by atoms with E-state index in [9.17, 15) is 9.59 Å². The van der Waals surface area contributed by atoms with Crippen LogP contribution in [0.3, 0.4) is 0 Å². The molecule has 3 unspecified atom stereocenters. The third-order valence-corrected chi connectivity index (χ3v) is 9.27. The Balaban J connectivity index is 1.30. The molecule has 0 N–H and O–H groups in total. The lowest BCUT2D eigenvalue weighted by Crippen LogP contribution is -2.60. The van der Waals surface area contributed by atoms with Gasteiger partial charge in [0.15, 0.2) is 0 Å². The van der Waals surface area contributed by atoms with Gasteiger partial charge in [-0.1, -0.05) is 60.7 Å². The molecule has 3 atom stereocenters. The molecule has 2 aromatic rings. The summed E-state index contributed by atoms with van der Waals surface area (Å²) in [5, 5.41) is 0. The smallest absolute Gasteiger partial charge is 0.348 e. The highest BCUT2D eigenvalue weighted by atomic mass is 16.7. The molecular weight excluding hydrogens is 482 g/mol. The molecule has 4 heterocycles. The first-order valence-electron chi connectivity index (χ1n) is 14.2. The van der Waals surface area contributed by atoms with Crippen molar-refractivity contribution in [3.63, 3.8) is 0 Å². The third kappa shape index (κ3) is 4.44. The number of benzene rings is 2. The minimum atomic E-state index is -1.57. The molecular formula is C31H38NO6+. The van der Waals surface area contributed by atoms with Crippen molar-refractivity contribution in [1.29, 1.82) is 0 Å². The largest absolute Gasteiger partial charge is 0.459 e. The zero-order valence-electron chi connectivity index (χ0n) is 22.1. The molecule has 7 nitrogen and oxygen atoms in total. The molecule has 0 saturated carbocycles. The average Bonchev–Trinajstić information content (AvgIpc) is 3.43. The lowest BCUT2D eigenvalue weighted by molar-refractivity contribution is -0.956. The molecule has 2 bridgehead atoms. The number of quaternary nitrogens is 1. The molecule has 0 amide bonds. The Morgan fingerprint density at radius 3 is 1.95 bits per heavy atom. The zero-order chi connectivity index (χ0) is 26.2. The van der Waals surface area contributed by atoms with E-state index in [4.69, 9.17) is 18.9 Å². The second-order valence-electron chi connectivity index (χ2n) is 11.4.